The zero-order valence-corrected chi connectivity index (χ0v) is 13.1. The molecule has 2 aliphatic rings. The quantitative estimate of drug-likeness (QED) is 0.923. The average molecular weight is 286 g/mol. The van der Waals surface area contributed by atoms with Gasteiger partial charge in [0.1, 0.15) is 0 Å². The van der Waals surface area contributed by atoms with Crippen molar-refractivity contribution in [1.29, 1.82) is 0 Å². The van der Waals surface area contributed by atoms with Crippen LogP contribution in [0.5, 0.6) is 0 Å². The van der Waals surface area contributed by atoms with E-state index in [2.05, 4.69) is 40.5 Å². The fraction of sp³-hybridized carbons (Fsp3) is 0.611. The van der Waals surface area contributed by atoms with Crippen LogP contribution in [0.2, 0.25) is 0 Å². The van der Waals surface area contributed by atoms with E-state index in [0.717, 1.165) is 19.4 Å². The molecule has 0 aromatic heterocycles. The summed E-state index contributed by atoms with van der Waals surface area (Å²) in [5.41, 5.74) is 1.40. The lowest BCUT2D eigenvalue weighted by Gasteiger charge is -2.39. The van der Waals surface area contributed by atoms with Crippen molar-refractivity contribution >= 4 is 5.91 Å². The standard InChI is InChI=1S/C18H26N2O/c1-13(2)18(21)19-15-10-16-8-9-17(11-15)20(16)12-14-6-4-3-5-7-14/h3-7,13,15-17H,8-12H2,1-2H3,(H,19,21)/t15?,16-,17+. The van der Waals surface area contributed by atoms with E-state index >= 15 is 0 Å². The minimum Gasteiger partial charge on any atom is -0.353 e. The molecule has 3 rings (SSSR count). The number of piperidine rings is 1. The van der Waals surface area contributed by atoms with Gasteiger partial charge in [0.15, 0.2) is 0 Å². The Bertz CT molecular complexity index is 471. The van der Waals surface area contributed by atoms with Crippen molar-refractivity contribution in [2.75, 3.05) is 0 Å². The third-order valence-electron chi connectivity index (χ3n) is 4.96. The maximum absolute atomic E-state index is 11.9. The minimum absolute atomic E-state index is 0.0880. The lowest BCUT2D eigenvalue weighted by atomic mass is 9.96. The maximum atomic E-state index is 11.9. The molecule has 1 N–H and O–H groups in total. The summed E-state index contributed by atoms with van der Waals surface area (Å²) in [5, 5.41) is 3.24. The molecule has 21 heavy (non-hydrogen) atoms. The fourth-order valence-corrected chi connectivity index (χ4v) is 3.81. The zero-order chi connectivity index (χ0) is 14.8. The number of hydrogen-bond acceptors (Lipinski definition) is 2. The van der Waals surface area contributed by atoms with Crippen molar-refractivity contribution in [2.24, 2.45) is 5.92 Å². The lowest BCUT2D eigenvalue weighted by molar-refractivity contribution is -0.125. The van der Waals surface area contributed by atoms with Crippen LogP contribution in [0.1, 0.15) is 45.1 Å². The van der Waals surface area contributed by atoms with Crippen LogP contribution in [-0.4, -0.2) is 28.9 Å². The number of amides is 1. The number of nitrogens with zero attached hydrogens (tertiary/aromatic N) is 1. The molecule has 2 aliphatic heterocycles. The van der Waals surface area contributed by atoms with Crippen LogP contribution in [0.15, 0.2) is 30.3 Å². The van der Waals surface area contributed by atoms with Gasteiger partial charge in [-0.3, -0.25) is 9.69 Å². The van der Waals surface area contributed by atoms with Crippen LogP contribution in [0.3, 0.4) is 0 Å². The molecule has 114 valence electrons. The molecular formula is C18H26N2O. The van der Waals surface area contributed by atoms with Crippen molar-refractivity contribution in [2.45, 2.75) is 64.2 Å². The van der Waals surface area contributed by atoms with Gasteiger partial charge < -0.3 is 5.32 Å². The maximum Gasteiger partial charge on any atom is 0.222 e. The molecule has 1 aromatic rings. The summed E-state index contributed by atoms with van der Waals surface area (Å²) < 4.78 is 0. The minimum atomic E-state index is 0.0880. The molecule has 3 heteroatoms. The number of benzene rings is 1. The molecule has 0 radical (unpaired) electrons. The van der Waals surface area contributed by atoms with E-state index in [4.69, 9.17) is 0 Å². The van der Waals surface area contributed by atoms with Gasteiger partial charge in [-0.05, 0) is 31.2 Å². The first-order valence-electron chi connectivity index (χ1n) is 8.23. The van der Waals surface area contributed by atoms with Gasteiger partial charge in [0.25, 0.3) is 0 Å². The highest BCUT2D eigenvalue weighted by molar-refractivity contribution is 5.78. The number of carbonyl (C=O) groups excluding carboxylic acids is 1. The van der Waals surface area contributed by atoms with Crippen LogP contribution in [0.4, 0.5) is 0 Å². The van der Waals surface area contributed by atoms with E-state index in [1.807, 2.05) is 13.8 Å². The Morgan fingerprint density at radius 1 is 1.19 bits per heavy atom. The predicted octanol–water partition coefficient (Wildman–Crippen LogP) is 2.95. The van der Waals surface area contributed by atoms with Gasteiger partial charge in [0.05, 0.1) is 0 Å². The molecule has 3 nitrogen and oxygen atoms in total. The van der Waals surface area contributed by atoms with Crippen molar-refractivity contribution in [1.82, 2.24) is 10.2 Å². The van der Waals surface area contributed by atoms with Gasteiger partial charge in [-0.25, -0.2) is 0 Å². The van der Waals surface area contributed by atoms with Crippen molar-refractivity contribution in [3.63, 3.8) is 0 Å². The lowest BCUT2D eigenvalue weighted by Crippen LogP contribution is -2.50. The molecule has 0 spiro atoms. The molecule has 1 aromatic carbocycles. The van der Waals surface area contributed by atoms with E-state index in [1.54, 1.807) is 0 Å². The molecule has 2 heterocycles. The summed E-state index contributed by atoms with van der Waals surface area (Å²) in [6.45, 7) is 4.99. The molecular weight excluding hydrogens is 260 g/mol. The molecule has 2 fully saturated rings. The summed E-state index contributed by atoms with van der Waals surface area (Å²) in [7, 11) is 0. The second-order valence-electron chi connectivity index (χ2n) is 6.87. The molecule has 2 saturated heterocycles. The van der Waals surface area contributed by atoms with Gasteiger partial charge in [-0.15, -0.1) is 0 Å². The van der Waals surface area contributed by atoms with Crippen LogP contribution >= 0.6 is 0 Å². The zero-order valence-electron chi connectivity index (χ0n) is 13.1. The number of carbonyl (C=O) groups is 1. The Kier molecular flexibility index (Phi) is 4.29. The van der Waals surface area contributed by atoms with Crippen LogP contribution in [0, 0.1) is 5.92 Å². The normalized spacial score (nSPS) is 28.8. The molecule has 2 bridgehead atoms. The number of rotatable bonds is 4. The Morgan fingerprint density at radius 3 is 2.38 bits per heavy atom. The Labute approximate surface area is 127 Å². The number of fused-ring (bicyclic) bond motifs is 2. The van der Waals surface area contributed by atoms with E-state index in [0.29, 0.717) is 18.1 Å². The first-order chi connectivity index (χ1) is 10.1. The first-order valence-corrected chi connectivity index (χ1v) is 8.23. The van der Waals surface area contributed by atoms with Gasteiger partial charge in [0, 0.05) is 30.6 Å². The molecule has 0 saturated carbocycles. The average Bonchev–Trinajstić information content (AvgIpc) is 2.71. The fourth-order valence-electron chi connectivity index (χ4n) is 3.81. The third kappa shape index (κ3) is 3.29. The summed E-state index contributed by atoms with van der Waals surface area (Å²) in [4.78, 5) is 14.6. The van der Waals surface area contributed by atoms with Gasteiger partial charge >= 0.3 is 0 Å². The van der Waals surface area contributed by atoms with Crippen LogP contribution in [-0.2, 0) is 11.3 Å². The van der Waals surface area contributed by atoms with Crippen LogP contribution in [0.25, 0.3) is 0 Å². The number of hydrogen-bond donors (Lipinski definition) is 1. The largest absolute Gasteiger partial charge is 0.353 e. The topological polar surface area (TPSA) is 32.3 Å². The van der Waals surface area contributed by atoms with Gasteiger partial charge in [-0.2, -0.15) is 0 Å². The monoisotopic (exact) mass is 286 g/mol. The van der Waals surface area contributed by atoms with E-state index in [-0.39, 0.29) is 11.8 Å². The van der Waals surface area contributed by atoms with E-state index < -0.39 is 0 Å². The van der Waals surface area contributed by atoms with Gasteiger partial charge in [0.2, 0.25) is 5.91 Å². The van der Waals surface area contributed by atoms with Crippen molar-refractivity contribution in [3.8, 4) is 0 Å². The Morgan fingerprint density at radius 2 is 1.81 bits per heavy atom. The summed E-state index contributed by atoms with van der Waals surface area (Å²) in [6, 6.07) is 12.4. The highest BCUT2D eigenvalue weighted by Crippen LogP contribution is 2.36. The predicted molar refractivity (Wildman–Crippen MR) is 84.8 cm³/mol. The number of nitrogens with one attached hydrogen (secondary N) is 1. The third-order valence-corrected chi connectivity index (χ3v) is 4.96. The highest BCUT2D eigenvalue weighted by Gasteiger charge is 2.40. The Balaban J connectivity index is 1.61. The first kappa shape index (κ1) is 14.6. The van der Waals surface area contributed by atoms with Crippen molar-refractivity contribution in [3.05, 3.63) is 35.9 Å². The second-order valence-corrected chi connectivity index (χ2v) is 6.87. The molecule has 3 atom stereocenters. The molecule has 1 amide bonds. The SMILES string of the molecule is CC(C)C(=O)NC1C[C@H]2CC[C@@H](C1)N2Cc1ccccc1. The van der Waals surface area contributed by atoms with E-state index in [1.165, 1.54) is 18.4 Å². The molecule has 1 unspecified atom stereocenters. The Hall–Kier alpha value is -1.35. The van der Waals surface area contributed by atoms with Crippen molar-refractivity contribution < 1.29 is 4.79 Å². The highest BCUT2D eigenvalue weighted by atomic mass is 16.1. The molecule has 0 aliphatic carbocycles. The summed E-state index contributed by atoms with van der Waals surface area (Å²) in [6.07, 6.45) is 4.79. The second kappa shape index (κ2) is 6.18. The summed E-state index contributed by atoms with van der Waals surface area (Å²) >= 11 is 0. The summed E-state index contributed by atoms with van der Waals surface area (Å²) in [5.74, 6) is 0.293. The van der Waals surface area contributed by atoms with Crippen LogP contribution < -0.4 is 5.32 Å². The van der Waals surface area contributed by atoms with Gasteiger partial charge in [-0.1, -0.05) is 44.2 Å². The smallest absolute Gasteiger partial charge is 0.222 e. The van der Waals surface area contributed by atoms with E-state index in [9.17, 15) is 4.79 Å².